The zero-order valence-electron chi connectivity index (χ0n) is 5.40. The minimum Gasteiger partial charge on any atom is -0.348 e. The number of nitrogens with zero attached hydrogens (tertiary/aromatic N) is 1. The van der Waals surface area contributed by atoms with Gasteiger partial charge in [-0.05, 0) is 0 Å². The molecule has 0 aliphatic rings. The van der Waals surface area contributed by atoms with Gasteiger partial charge < -0.3 is 4.90 Å². The van der Waals surface area contributed by atoms with Crippen LogP contribution in [0.15, 0.2) is 0 Å². The van der Waals surface area contributed by atoms with E-state index in [1.807, 2.05) is 0 Å². The molecule has 4 heteroatoms. The van der Waals surface area contributed by atoms with Crippen LogP contribution in [0.25, 0.3) is 0 Å². The summed E-state index contributed by atoms with van der Waals surface area (Å²) >= 11 is 6.39. The maximum Gasteiger partial charge on any atom is 0.236 e. The van der Waals surface area contributed by atoms with Gasteiger partial charge in [-0.2, -0.15) is 0 Å². The van der Waals surface area contributed by atoms with Gasteiger partial charge in [0.25, 0.3) is 0 Å². The molecular formula is C5H9Br2NO. The number of carbonyl (C=O) groups is 1. The maximum absolute atomic E-state index is 10.9. The van der Waals surface area contributed by atoms with Crippen LogP contribution in [0.5, 0.6) is 0 Å². The second kappa shape index (κ2) is 4.28. The number of carbonyl (C=O) groups excluding carboxylic acids is 1. The summed E-state index contributed by atoms with van der Waals surface area (Å²) in [6.45, 7) is 0. The van der Waals surface area contributed by atoms with Crippen molar-refractivity contribution < 1.29 is 4.79 Å². The predicted octanol–water partition coefficient (Wildman–Crippen LogP) is 1.23. The first-order chi connectivity index (χ1) is 4.09. The van der Waals surface area contributed by atoms with Gasteiger partial charge in [-0.1, -0.05) is 31.9 Å². The van der Waals surface area contributed by atoms with E-state index < -0.39 is 0 Å². The molecule has 0 aromatic carbocycles. The van der Waals surface area contributed by atoms with E-state index in [-0.39, 0.29) is 10.7 Å². The number of hydrogen-bond acceptors (Lipinski definition) is 1. The van der Waals surface area contributed by atoms with Crippen LogP contribution < -0.4 is 0 Å². The van der Waals surface area contributed by atoms with Crippen LogP contribution >= 0.6 is 31.9 Å². The fourth-order valence-electron chi connectivity index (χ4n) is 0.346. The minimum absolute atomic E-state index is 0.0897. The molecule has 0 fully saturated rings. The Bertz CT molecular complexity index is 105. The quantitative estimate of drug-likeness (QED) is 0.683. The molecule has 0 aliphatic carbocycles. The fraction of sp³-hybridized carbons (Fsp3) is 0.800. The molecule has 1 atom stereocenters. The van der Waals surface area contributed by atoms with Crippen molar-refractivity contribution in [2.45, 2.75) is 4.83 Å². The van der Waals surface area contributed by atoms with Gasteiger partial charge in [-0.15, -0.1) is 0 Å². The molecule has 0 rings (SSSR count). The van der Waals surface area contributed by atoms with Crippen molar-refractivity contribution in [1.82, 2.24) is 4.90 Å². The van der Waals surface area contributed by atoms with E-state index in [0.717, 1.165) is 0 Å². The van der Waals surface area contributed by atoms with Gasteiger partial charge in [0.1, 0.15) is 4.83 Å². The van der Waals surface area contributed by atoms with Gasteiger partial charge in [-0.3, -0.25) is 4.79 Å². The van der Waals surface area contributed by atoms with E-state index >= 15 is 0 Å². The first-order valence-electron chi connectivity index (χ1n) is 2.50. The molecule has 0 saturated heterocycles. The van der Waals surface area contributed by atoms with Crippen LogP contribution in [0.3, 0.4) is 0 Å². The molecule has 0 aromatic rings. The lowest BCUT2D eigenvalue weighted by Gasteiger charge is -2.12. The highest BCUT2D eigenvalue weighted by atomic mass is 79.9. The monoisotopic (exact) mass is 257 g/mol. The van der Waals surface area contributed by atoms with Crippen LogP contribution in [0.1, 0.15) is 0 Å². The maximum atomic E-state index is 10.9. The van der Waals surface area contributed by atoms with E-state index in [1.165, 1.54) is 0 Å². The average molecular weight is 259 g/mol. The van der Waals surface area contributed by atoms with Crippen LogP contribution in [0.4, 0.5) is 0 Å². The Morgan fingerprint density at radius 3 is 2.22 bits per heavy atom. The largest absolute Gasteiger partial charge is 0.348 e. The van der Waals surface area contributed by atoms with Crippen LogP contribution in [0, 0.1) is 0 Å². The number of halogens is 2. The van der Waals surface area contributed by atoms with E-state index in [9.17, 15) is 4.79 Å². The third-order valence-corrected chi connectivity index (χ3v) is 3.08. The minimum atomic E-state index is -0.0903. The molecule has 1 unspecified atom stereocenters. The smallest absolute Gasteiger partial charge is 0.236 e. The van der Waals surface area contributed by atoms with Gasteiger partial charge in [0.05, 0.1) is 0 Å². The lowest BCUT2D eigenvalue weighted by atomic mass is 10.4. The second-order valence-electron chi connectivity index (χ2n) is 1.85. The number of amides is 1. The van der Waals surface area contributed by atoms with Gasteiger partial charge in [-0.25, -0.2) is 0 Å². The number of rotatable bonds is 2. The lowest BCUT2D eigenvalue weighted by Crippen LogP contribution is -2.30. The van der Waals surface area contributed by atoms with E-state index in [0.29, 0.717) is 5.33 Å². The fourth-order valence-corrected chi connectivity index (χ4v) is 1.03. The molecule has 2 nitrogen and oxygen atoms in total. The summed E-state index contributed by atoms with van der Waals surface area (Å²) in [7, 11) is 3.47. The molecule has 0 N–H and O–H groups in total. The predicted molar refractivity (Wildman–Crippen MR) is 45.2 cm³/mol. The van der Waals surface area contributed by atoms with Crippen molar-refractivity contribution in [3.8, 4) is 0 Å². The first-order valence-corrected chi connectivity index (χ1v) is 4.54. The van der Waals surface area contributed by atoms with Crippen molar-refractivity contribution in [2.75, 3.05) is 19.4 Å². The average Bonchev–Trinajstić information content (AvgIpc) is 1.84. The Kier molecular flexibility index (Phi) is 4.48. The lowest BCUT2D eigenvalue weighted by molar-refractivity contribution is -0.127. The Labute approximate surface area is 71.9 Å². The molecule has 9 heavy (non-hydrogen) atoms. The molecule has 54 valence electrons. The highest BCUT2D eigenvalue weighted by Gasteiger charge is 2.13. The summed E-state index contributed by atoms with van der Waals surface area (Å²) in [5.41, 5.74) is 0. The van der Waals surface area contributed by atoms with Crippen molar-refractivity contribution in [3.63, 3.8) is 0 Å². The molecular weight excluding hydrogens is 250 g/mol. The summed E-state index contributed by atoms with van der Waals surface area (Å²) in [6, 6.07) is 0. The third-order valence-electron chi connectivity index (χ3n) is 0.844. The summed E-state index contributed by atoms with van der Waals surface area (Å²) in [6.07, 6.45) is 0. The zero-order chi connectivity index (χ0) is 7.44. The second-order valence-corrected chi connectivity index (χ2v) is 3.61. The van der Waals surface area contributed by atoms with Gasteiger partial charge in [0.15, 0.2) is 0 Å². The van der Waals surface area contributed by atoms with Gasteiger partial charge >= 0.3 is 0 Å². The van der Waals surface area contributed by atoms with Gasteiger partial charge in [0.2, 0.25) is 5.91 Å². The highest BCUT2D eigenvalue weighted by molar-refractivity contribution is 9.12. The highest BCUT2D eigenvalue weighted by Crippen LogP contribution is 2.05. The van der Waals surface area contributed by atoms with Crippen LogP contribution in [0.2, 0.25) is 0 Å². The molecule has 0 saturated carbocycles. The molecule has 0 spiro atoms. The Hall–Kier alpha value is 0.430. The standard InChI is InChI=1S/C5H9Br2NO/c1-8(2)5(9)4(7)3-6/h4H,3H2,1-2H3. The van der Waals surface area contributed by atoms with Crippen molar-refractivity contribution in [3.05, 3.63) is 0 Å². The molecule has 0 radical (unpaired) electrons. The van der Waals surface area contributed by atoms with E-state index in [2.05, 4.69) is 31.9 Å². The van der Waals surface area contributed by atoms with E-state index in [4.69, 9.17) is 0 Å². The molecule has 0 aliphatic heterocycles. The summed E-state index contributed by atoms with van der Waals surface area (Å²) < 4.78 is 0. The molecule has 0 bridgehead atoms. The van der Waals surface area contributed by atoms with Crippen molar-refractivity contribution in [1.29, 1.82) is 0 Å². The number of alkyl halides is 2. The van der Waals surface area contributed by atoms with Crippen LogP contribution in [-0.4, -0.2) is 35.1 Å². The van der Waals surface area contributed by atoms with Crippen molar-refractivity contribution >= 4 is 37.8 Å². The first kappa shape index (κ1) is 9.43. The molecule has 0 heterocycles. The SMILES string of the molecule is CN(C)C(=O)C(Br)CBr. The molecule has 1 amide bonds. The topological polar surface area (TPSA) is 20.3 Å². The number of hydrogen-bond donors (Lipinski definition) is 0. The zero-order valence-corrected chi connectivity index (χ0v) is 8.57. The Morgan fingerprint density at radius 2 is 2.11 bits per heavy atom. The molecule has 0 aromatic heterocycles. The normalized spacial score (nSPS) is 12.9. The Morgan fingerprint density at radius 1 is 1.67 bits per heavy atom. The van der Waals surface area contributed by atoms with Gasteiger partial charge in [0, 0.05) is 19.4 Å². The van der Waals surface area contributed by atoms with Crippen LogP contribution in [-0.2, 0) is 4.79 Å². The summed E-state index contributed by atoms with van der Waals surface area (Å²) in [5, 5.41) is 0.657. The Balaban J connectivity index is 3.73. The van der Waals surface area contributed by atoms with E-state index in [1.54, 1.807) is 19.0 Å². The van der Waals surface area contributed by atoms with Crippen molar-refractivity contribution in [2.24, 2.45) is 0 Å². The summed E-state index contributed by atoms with van der Waals surface area (Å²) in [5.74, 6) is 0.0897. The third kappa shape index (κ3) is 3.20. The summed E-state index contributed by atoms with van der Waals surface area (Å²) in [4.78, 5) is 12.4.